The van der Waals surface area contributed by atoms with Crippen molar-refractivity contribution in [3.8, 4) is 0 Å². The molecule has 0 aromatic heterocycles. The third-order valence-electron chi connectivity index (χ3n) is 5.94. The maximum Gasteiger partial charge on any atom is 0.230 e. The molecule has 4 rings (SSSR count). The van der Waals surface area contributed by atoms with Crippen LogP contribution in [0.15, 0.2) is 24.3 Å². The minimum atomic E-state index is 0. The van der Waals surface area contributed by atoms with Gasteiger partial charge < -0.3 is 15.1 Å². The molecule has 0 radical (unpaired) electrons. The van der Waals surface area contributed by atoms with Crippen LogP contribution in [-0.2, 0) is 9.59 Å². The van der Waals surface area contributed by atoms with Crippen molar-refractivity contribution >= 4 is 29.9 Å². The molecule has 2 saturated heterocycles. The van der Waals surface area contributed by atoms with Gasteiger partial charge in [0.05, 0.1) is 0 Å². The van der Waals surface area contributed by atoms with Crippen molar-refractivity contribution in [3.05, 3.63) is 29.8 Å². The van der Waals surface area contributed by atoms with E-state index in [9.17, 15) is 9.59 Å². The summed E-state index contributed by atoms with van der Waals surface area (Å²) in [5, 5.41) is 3.34. The summed E-state index contributed by atoms with van der Waals surface area (Å²) in [4.78, 5) is 28.9. The molecule has 3 aliphatic rings. The van der Waals surface area contributed by atoms with E-state index in [1.54, 1.807) is 0 Å². The van der Waals surface area contributed by atoms with E-state index < -0.39 is 0 Å². The summed E-state index contributed by atoms with van der Waals surface area (Å²) in [6.07, 6.45) is 4.50. The zero-order valence-corrected chi connectivity index (χ0v) is 16.0. The number of piperidine rings is 1. The van der Waals surface area contributed by atoms with Crippen LogP contribution in [0.1, 0.15) is 43.6 Å². The van der Waals surface area contributed by atoms with Crippen molar-refractivity contribution in [2.75, 3.05) is 37.6 Å². The SMILES string of the molecule is Cl.O=C1CCCN1CCC1CN(C(=O)C2CCNCC2)c2ccccc21. The van der Waals surface area contributed by atoms with E-state index in [4.69, 9.17) is 0 Å². The van der Waals surface area contributed by atoms with E-state index in [2.05, 4.69) is 23.5 Å². The van der Waals surface area contributed by atoms with E-state index >= 15 is 0 Å². The maximum atomic E-state index is 13.1. The van der Waals surface area contributed by atoms with Gasteiger partial charge in [-0.05, 0) is 50.4 Å². The average molecular weight is 378 g/mol. The summed E-state index contributed by atoms with van der Waals surface area (Å²) >= 11 is 0. The molecule has 2 amide bonds. The Bertz CT molecular complexity index is 660. The topological polar surface area (TPSA) is 52.7 Å². The Labute approximate surface area is 161 Å². The van der Waals surface area contributed by atoms with Gasteiger partial charge in [-0.2, -0.15) is 0 Å². The zero-order chi connectivity index (χ0) is 17.2. The number of anilines is 1. The number of amides is 2. The van der Waals surface area contributed by atoms with Gasteiger partial charge in [-0.3, -0.25) is 9.59 Å². The number of rotatable bonds is 4. The molecule has 0 aliphatic carbocycles. The summed E-state index contributed by atoms with van der Waals surface area (Å²) < 4.78 is 0. The molecule has 26 heavy (non-hydrogen) atoms. The lowest BCUT2D eigenvalue weighted by atomic mass is 9.96. The van der Waals surface area contributed by atoms with Crippen LogP contribution in [0.2, 0.25) is 0 Å². The van der Waals surface area contributed by atoms with Gasteiger partial charge in [0, 0.05) is 43.6 Å². The van der Waals surface area contributed by atoms with Crippen LogP contribution in [0.3, 0.4) is 0 Å². The van der Waals surface area contributed by atoms with Crippen molar-refractivity contribution in [3.63, 3.8) is 0 Å². The number of hydrogen-bond acceptors (Lipinski definition) is 3. The molecular formula is C20H28ClN3O2. The van der Waals surface area contributed by atoms with E-state index in [0.717, 1.165) is 64.1 Å². The lowest BCUT2D eigenvalue weighted by Crippen LogP contribution is -2.40. The fourth-order valence-corrected chi connectivity index (χ4v) is 4.49. The highest BCUT2D eigenvalue weighted by atomic mass is 35.5. The van der Waals surface area contributed by atoms with E-state index in [-0.39, 0.29) is 30.1 Å². The first-order chi connectivity index (χ1) is 12.2. The van der Waals surface area contributed by atoms with Crippen LogP contribution < -0.4 is 10.2 Å². The lowest BCUT2D eigenvalue weighted by molar-refractivity contribution is -0.128. The predicted molar refractivity (Wildman–Crippen MR) is 105 cm³/mol. The number of carbonyl (C=O) groups excluding carboxylic acids is 2. The van der Waals surface area contributed by atoms with Crippen LogP contribution >= 0.6 is 12.4 Å². The maximum absolute atomic E-state index is 13.1. The Morgan fingerprint density at radius 3 is 2.69 bits per heavy atom. The van der Waals surface area contributed by atoms with Gasteiger partial charge in [0.25, 0.3) is 0 Å². The largest absolute Gasteiger partial charge is 0.343 e. The number of para-hydroxylation sites is 1. The Kier molecular flexibility index (Phi) is 6.20. The Balaban J connectivity index is 0.00000196. The highest BCUT2D eigenvalue weighted by molar-refractivity contribution is 5.97. The first-order valence-electron chi connectivity index (χ1n) is 9.63. The summed E-state index contributed by atoms with van der Waals surface area (Å²) in [6.45, 7) is 4.35. The minimum Gasteiger partial charge on any atom is -0.343 e. The molecule has 1 aromatic rings. The Morgan fingerprint density at radius 2 is 1.96 bits per heavy atom. The second kappa shape index (κ2) is 8.40. The van der Waals surface area contributed by atoms with Gasteiger partial charge in [0.1, 0.15) is 0 Å². The molecule has 1 aromatic carbocycles. The van der Waals surface area contributed by atoms with Crippen molar-refractivity contribution < 1.29 is 9.59 Å². The molecule has 1 atom stereocenters. The van der Waals surface area contributed by atoms with Crippen LogP contribution in [0.5, 0.6) is 0 Å². The first kappa shape index (κ1) is 19.2. The van der Waals surface area contributed by atoms with Gasteiger partial charge >= 0.3 is 0 Å². The number of halogens is 1. The number of fused-ring (bicyclic) bond motifs is 1. The molecule has 1 N–H and O–H groups in total. The zero-order valence-electron chi connectivity index (χ0n) is 15.2. The highest BCUT2D eigenvalue weighted by Crippen LogP contribution is 2.39. The third kappa shape index (κ3) is 3.74. The summed E-state index contributed by atoms with van der Waals surface area (Å²) in [5.41, 5.74) is 2.36. The molecule has 3 heterocycles. The van der Waals surface area contributed by atoms with Gasteiger partial charge in [-0.1, -0.05) is 18.2 Å². The Morgan fingerprint density at radius 1 is 1.19 bits per heavy atom. The standard InChI is InChI=1S/C20H27N3O2.ClH/c24-19-6-3-12-22(19)13-9-16-14-23(18-5-2-1-4-17(16)18)20(25)15-7-10-21-11-8-15;/h1-2,4-5,15-16,21H,3,6-14H2;1H. The number of hydrogen-bond donors (Lipinski definition) is 1. The molecule has 2 fully saturated rings. The molecule has 5 nitrogen and oxygen atoms in total. The summed E-state index contributed by atoms with van der Waals surface area (Å²) in [5.74, 6) is 1.06. The number of carbonyl (C=O) groups is 2. The van der Waals surface area contributed by atoms with Crippen LogP contribution in [0.25, 0.3) is 0 Å². The fourth-order valence-electron chi connectivity index (χ4n) is 4.49. The second-order valence-corrected chi connectivity index (χ2v) is 7.50. The van der Waals surface area contributed by atoms with Crippen molar-refractivity contribution in [1.82, 2.24) is 10.2 Å². The predicted octanol–water partition coefficient (Wildman–Crippen LogP) is 2.55. The number of nitrogens with one attached hydrogen (secondary N) is 1. The molecule has 0 spiro atoms. The molecule has 6 heteroatoms. The van der Waals surface area contributed by atoms with Crippen LogP contribution in [0.4, 0.5) is 5.69 Å². The first-order valence-corrected chi connectivity index (χ1v) is 9.63. The van der Waals surface area contributed by atoms with Gasteiger partial charge in [0.15, 0.2) is 0 Å². The van der Waals surface area contributed by atoms with E-state index in [0.29, 0.717) is 12.3 Å². The Hall–Kier alpha value is -1.59. The van der Waals surface area contributed by atoms with E-state index in [1.165, 1.54) is 5.56 Å². The molecule has 0 bridgehead atoms. The summed E-state index contributed by atoms with van der Waals surface area (Å²) in [6, 6.07) is 8.32. The normalized spacial score (nSPS) is 23.1. The molecule has 142 valence electrons. The van der Waals surface area contributed by atoms with Crippen molar-refractivity contribution in [2.24, 2.45) is 5.92 Å². The minimum absolute atomic E-state index is 0. The smallest absolute Gasteiger partial charge is 0.230 e. The molecule has 3 aliphatic heterocycles. The highest BCUT2D eigenvalue weighted by Gasteiger charge is 2.35. The number of likely N-dealkylation sites (tertiary alicyclic amines) is 1. The average Bonchev–Trinajstić information content (AvgIpc) is 3.23. The van der Waals surface area contributed by atoms with Gasteiger partial charge in [0.2, 0.25) is 11.8 Å². The molecular weight excluding hydrogens is 350 g/mol. The van der Waals surface area contributed by atoms with Crippen LogP contribution in [-0.4, -0.2) is 49.4 Å². The van der Waals surface area contributed by atoms with Crippen LogP contribution in [0, 0.1) is 5.92 Å². The molecule has 1 unspecified atom stereocenters. The quantitative estimate of drug-likeness (QED) is 0.877. The summed E-state index contributed by atoms with van der Waals surface area (Å²) in [7, 11) is 0. The van der Waals surface area contributed by atoms with Gasteiger partial charge in [-0.15, -0.1) is 12.4 Å². The van der Waals surface area contributed by atoms with Gasteiger partial charge in [-0.25, -0.2) is 0 Å². The second-order valence-electron chi connectivity index (χ2n) is 7.50. The van der Waals surface area contributed by atoms with E-state index in [1.807, 2.05) is 15.9 Å². The monoisotopic (exact) mass is 377 g/mol. The van der Waals surface area contributed by atoms with Crippen molar-refractivity contribution in [2.45, 2.75) is 38.0 Å². The fraction of sp³-hybridized carbons (Fsp3) is 0.600. The number of nitrogens with zero attached hydrogens (tertiary/aromatic N) is 2. The number of benzene rings is 1. The lowest BCUT2D eigenvalue weighted by Gasteiger charge is -2.27. The third-order valence-corrected chi connectivity index (χ3v) is 5.94. The van der Waals surface area contributed by atoms with Crippen molar-refractivity contribution in [1.29, 1.82) is 0 Å². The molecule has 0 saturated carbocycles.